The average Bonchev–Trinajstić information content (AvgIpc) is 2.38. The van der Waals surface area contributed by atoms with Crippen LogP contribution in [0.2, 0.25) is 0 Å². The molecule has 0 aromatic heterocycles. The third-order valence-electron chi connectivity index (χ3n) is 4.07. The summed E-state index contributed by atoms with van der Waals surface area (Å²) in [4.78, 5) is 0.410. The third kappa shape index (κ3) is 15.0. The van der Waals surface area contributed by atoms with E-state index in [-0.39, 0.29) is 12.3 Å². The molecule has 0 spiro atoms. The van der Waals surface area contributed by atoms with Gasteiger partial charge in [0.1, 0.15) is 0 Å². The number of rotatable bonds is 14. The van der Waals surface area contributed by atoms with Gasteiger partial charge in [0.05, 0.1) is 0 Å². The van der Waals surface area contributed by atoms with Crippen LogP contribution in [0.3, 0.4) is 0 Å². The highest BCUT2D eigenvalue weighted by molar-refractivity contribution is 9.09. The zero-order valence-corrected chi connectivity index (χ0v) is 15.9. The zero-order valence-electron chi connectivity index (χ0n) is 14.3. The minimum absolute atomic E-state index is 0.0518. The molecule has 0 saturated carbocycles. The van der Waals surface area contributed by atoms with Crippen molar-refractivity contribution in [2.75, 3.05) is 0 Å². The first-order valence-corrected chi connectivity index (χ1v) is 9.82. The summed E-state index contributed by atoms with van der Waals surface area (Å²) in [6, 6.07) is 0. The molecule has 2 atom stereocenters. The van der Waals surface area contributed by atoms with Crippen LogP contribution in [0.4, 0.5) is 8.78 Å². The summed E-state index contributed by atoms with van der Waals surface area (Å²) in [5.41, 5.74) is 0. The second-order valence-electron chi connectivity index (χ2n) is 6.67. The van der Waals surface area contributed by atoms with Crippen molar-refractivity contribution in [2.24, 2.45) is 5.92 Å². The Morgan fingerprint density at radius 1 is 0.857 bits per heavy atom. The molecule has 0 heterocycles. The lowest BCUT2D eigenvalue weighted by molar-refractivity contribution is -0.00622. The Balaban J connectivity index is 4.06. The van der Waals surface area contributed by atoms with Crippen LogP contribution < -0.4 is 0 Å². The Morgan fingerprint density at radius 3 is 1.86 bits per heavy atom. The Morgan fingerprint density at radius 2 is 1.38 bits per heavy atom. The molecule has 21 heavy (non-hydrogen) atoms. The number of alkyl halides is 3. The highest BCUT2D eigenvalue weighted by Gasteiger charge is 2.27. The van der Waals surface area contributed by atoms with Gasteiger partial charge in [-0.15, -0.1) is 0 Å². The monoisotopic (exact) mass is 368 g/mol. The van der Waals surface area contributed by atoms with E-state index in [0.717, 1.165) is 32.6 Å². The molecule has 0 radical (unpaired) electrons. The van der Waals surface area contributed by atoms with Crippen LogP contribution in [0, 0.1) is 5.92 Å². The van der Waals surface area contributed by atoms with Crippen LogP contribution in [0.1, 0.15) is 97.8 Å². The van der Waals surface area contributed by atoms with Crippen LogP contribution in [0.25, 0.3) is 0 Å². The maximum atomic E-state index is 13.3. The van der Waals surface area contributed by atoms with Gasteiger partial charge < -0.3 is 0 Å². The van der Waals surface area contributed by atoms with Crippen molar-refractivity contribution in [2.45, 2.75) is 109 Å². The third-order valence-corrected chi connectivity index (χ3v) is 4.90. The molecule has 2 unspecified atom stereocenters. The van der Waals surface area contributed by atoms with Crippen LogP contribution in [0.5, 0.6) is 0 Å². The van der Waals surface area contributed by atoms with Gasteiger partial charge in [-0.1, -0.05) is 87.6 Å². The Kier molecular flexibility index (Phi) is 13.0. The zero-order chi connectivity index (χ0) is 16.1. The Labute approximate surface area is 139 Å². The molecule has 0 nitrogen and oxygen atoms in total. The van der Waals surface area contributed by atoms with E-state index in [4.69, 9.17) is 0 Å². The van der Waals surface area contributed by atoms with Gasteiger partial charge in [0.15, 0.2) is 0 Å². The Bertz CT molecular complexity index is 226. The maximum Gasteiger partial charge on any atom is 0.245 e. The predicted molar refractivity (Wildman–Crippen MR) is 93.6 cm³/mol. The molecule has 0 saturated heterocycles. The fourth-order valence-electron chi connectivity index (χ4n) is 2.94. The van der Waals surface area contributed by atoms with E-state index in [1.807, 2.05) is 0 Å². The highest BCUT2D eigenvalue weighted by atomic mass is 79.9. The van der Waals surface area contributed by atoms with Gasteiger partial charge in [0, 0.05) is 11.2 Å². The summed E-state index contributed by atoms with van der Waals surface area (Å²) in [7, 11) is 0. The summed E-state index contributed by atoms with van der Waals surface area (Å²) in [6.07, 6.45) is 12.8. The standard InChI is InChI=1S/C18H35BrF2/c1-4-6-8-10-12-16(15-18(3,20)21)14-17(19)13-11-9-7-5-2/h16-17H,4-15H2,1-3H3. The normalized spacial score (nSPS) is 15.1. The highest BCUT2D eigenvalue weighted by Crippen LogP contribution is 2.32. The lowest BCUT2D eigenvalue weighted by Crippen LogP contribution is -2.19. The lowest BCUT2D eigenvalue weighted by atomic mass is 9.89. The molecular formula is C18H35BrF2. The number of hydrogen-bond donors (Lipinski definition) is 0. The molecular weight excluding hydrogens is 334 g/mol. The van der Waals surface area contributed by atoms with Gasteiger partial charge in [0.25, 0.3) is 0 Å². The number of unbranched alkanes of at least 4 members (excludes halogenated alkanes) is 6. The van der Waals surface area contributed by atoms with E-state index in [1.54, 1.807) is 0 Å². The quantitative estimate of drug-likeness (QED) is 0.217. The smallest absolute Gasteiger partial charge is 0.207 e. The van der Waals surface area contributed by atoms with Gasteiger partial charge in [-0.25, -0.2) is 8.78 Å². The van der Waals surface area contributed by atoms with E-state index in [2.05, 4.69) is 29.8 Å². The minimum atomic E-state index is -2.52. The molecule has 0 aromatic carbocycles. The predicted octanol–water partition coefficient (Wildman–Crippen LogP) is 7.74. The van der Waals surface area contributed by atoms with Crippen molar-refractivity contribution in [1.29, 1.82) is 0 Å². The topological polar surface area (TPSA) is 0 Å². The van der Waals surface area contributed by atoms with E-state index in [1.165, 1.54) is 44.9 Å². The van der Waals surface area contributed by atoms with Crippen molar-refractivity contribution < 1.29 is 8.78 Å². The fraction of sp³-hybridized carbons (Fsp3) is 1.00. The van der Waals surface area contributed by atoms with E-state index < -0.39 is 5.92 Å². The molecule has 0 aliphatic rings. The van der Waals surface area contributed by atoms with Crippen molar-refractivity contribution in [1.82, 2.24) is 0 Å². The molecule has 0 fully saturated rings. The van der Waals surface area contributed by atoms with Gasteiger partial charge in [-0.05, 0) is 25.7 Å². The molecule has 128 valence electrons. The van der Waals surface area contributed by atoms with Crippen molar-refractivity contribution in [3.05, 3.63) is 0 Å². The van der Waals surface area contributed by atoms with Gasteiger partial charge >= 0.3 is 0 Å². The van der Waals surface area contributed by atoms with Crippen LogP contribution >= 0.6 is 15.9 Å². The van der Waals surface area contributed by atoms with Crippen LogP contribution in [-0.2, 0) is 0 Å². The largest absolute Gasteiger partial charge is 0.245 e. The summed E-state index contributed by atoms with van der Waals surface area (Å²) in [6.45, 7) is 5.46. The molecule has 0 aromatic rings. The first kappa shape index (κ1) is 21.3. The van der Waals surface area contributed by atoms with Gasteiger partial charge in [0.2, 0.25) is 5.92 Å². The first-order valence-electron chi connectivity index (χ1n) is 8.91. The van der Waals surface area contributed by atoms with Gasteiger partial charge in [-0.3, -0.25) is 0 Å². The van der Waals surface area contributed by atoms with Crippen molar-refractivity contribution >= 4 is 15.9 Å². The number of halogens is 3. The summed E-state index contributed by atoms with van der Waals surface area (Å²) in [5, 5.41) is 0. The maximum absolute atomic E-state index is 13.3. The minimum Gasteiger partial charge on any atom is -0.207 e. The van der Waals surface area contributed by atoms with Crippen molar-refractivity contribution in [3.8, 4) is 0 Å². The molecule has 0 rings (SSSR count). The molecule has 0 aliphatic carbocycles. The lowest BCUT2D eigenvalue weighted by Gasteiger charge is -2.23. The molecule has 0 N–H and O–H groups in total. The second-order valence-corrected chi connectivity index (χ2v) is 7.97. The summed E-state index contributed by atoms with van der Waals surface area (Å²) in [5.74, 6) is -2.36. The molecule has 0 amide bonds. The van der Waals surface area contributed by atoms with Crippen molar-refractivity contribution in [3.63, 3.8) is 0 Å². The molecule has 0 bridgehead atoms. The SMILES string of the molecule is CCCCCCC(Br)CC(CCCCCC)CC(C)(F)F. The van der Waals surface area contributed by atoms with E-state index in [9.17, 15) is 8.78 Å². The van der Waals surface area contributed by atoms with Crippen LogP contribution in [-0.4, -0.2) is 10.7 Å². The Hall–Kier alpha value is 0.340. The first-order chi connectivity index (χ1) is 9.89. The van der Waals surface area contributed by atoms with Gasteiger partial charge in [-0.2, -0.15) is 0 Å². The average molecular weight is 369 g/mol. The molecule has 0 aliphatic heterocycles. The summed E-state index contributed by atoms with van der Waals surface area (Å²) < 4.78 is 26.7. The van der Waals surface area contributed by atoms with Crippen LogP contribution in [0.15, 0.2) is 0 Å². The van der Waals surface area contributed by atoms with E-state index >= 15 is 0 Å². The van der Waals surface area contributed by atoms with E-state index in [0.29, 0.717) is 4.83 Å². The second kappa shape index (κ2) is 12.8. The molecule has 3 heteroatoms. The number of hydrogen-bond acceptors (Lipinski definition) is 0. The fourth-order valence-corrected chi connectivity index (χ4v) is 3.79. The summed E-state index contributed by atoms with van der Waals surface area (Å²) >= 11 is 3.72.